The Kier molecular flexibility index (Phi) is 5.24. The van der Waals surface area contributed by atoms with Crippen molar-refractivity contribution in [1.29, 1.82) is 0 Å². The number of aromatic nitrogens is 4. The maximum absolute atomic E-state index is 13.1. The highest BCUT2D eigenvalue weighted by atomic mass is 35.5. The highest BCUT2D eigenvalue weighted by molar-refractivity contribution is 7.18. The lowest BCUT2D eigenvalue weighted by molar-refractivity contribution is 0.0706. The van der Waals surface area contributed by atoms with Gasteiger partial charge in [0.2, 0.25) is 0 Å². The molecular formula is C23H22ClN5OS. The van der Waals surface area contributed by atoms with E-state index in [1.54, 1.807) is 16.0 Å². The van der Waals surface area contributed by atoms with Crippen molar-refractivity contribution in [2.45, 2.75) is 32.6 Å². The Bertz CT molecular complexity index is 1270. The van der Waals surface area contributed by atoms with Crippen molar-refractivity contribution < 1.29 is 4.79 Å². The molecule has 0 atom stereocenters. The summed E-state index contributed by atoms with van der Waals surface area (Å²) in [4.78, 5) is 19.8. The molecule has 1 aliphatic rings. The van der Waals surface area contributed by atoms with Crippen LogP contribution in [0.3, 0.4) is 0 Å². The summed E-state index contributed by atoms with van der Waals surface area (Å²) in [6.45, 7) is 5.31. The molecule has 0 aliphatic carbocycles. The summed E-state index contributed by atoms with van der Waals surface area (Å²) in [6, 6.07) is 13.9. The molecule has 1 aliphatic heterocycles. The minimum atomic E-state index is -0.0501. The molecule has 6 nitrogen and oxygen atoms in total. The van der Waals surface area contributed by atoms with Crippen LogP contribution in [0.4, 0.5) is 0 Å². The van der Waals surface area contributed by atoms with Crippen LogP contribution < -0.4 is 0 Å². The number of likely N-dealkylation sites (tertiary alicyclic amines) is 1. The third kappa shape index (κ3) is 3.83. The van der Waals surface area contributed by atoms with E-state index in [0.717, 1.165) is 45.0 Å². The van der Waals surface area contributed by atoms with Gasteiger partial charge in [0.15, 0.2) is 5.69 Å². The van der Waals surface area contributed by atoms with Gasteiger partial charge in [-0.15, -0.1) is 16.4 Å². The van der Waals surface area contributed by atoms with E-state index in [0.29, 0.717) is 29.7 Å². The van der Waals surface area contributed by atoms with Gasteiger partial charge < -0.3 is 4.90 Å². The lowest BCUT2D eigenvalue weighted by Gasteiger charge is -2.30. The minimum Gasteiger partial charge on any atom is -0.337 e. The quantitative estimate of drug-likeness (QED) is 0.431. The van der Waals surface area contributed by atoms with Gasteiger partial charge >= 0.3 is 0 Å². The minimum absolute atomic E-state index is 0.0501. The molecule has 4 aromatic rings. The lowest BCUT2D eigenvalue weighted by atomic mass is 9.97. The molecule has 0 saturated carbocycles. The molecule has 0 N–H and O–H groups in total. The number of hydrogen-bond donors (Lipinski definition) is 0. The van der Waals surface area contributed by atoms with E-state index >= 15 is 0 Å². The zero-order chi connectivity index (χ0) is 21.5. The molecule has 31 heavy (non-hydrogen) atoms. The molecule has 1 amide bonds. The summed E-state index contributed by atoms with van der Waals surface area (Å²) >= 11 is 7.82. The summed E-state index contributed by atoms with van der Waals surface area (Å²) in [5.74, 6) is 0.315. The first kappa shape index (κ1) is 20.2. The van der Waals surface area contributed by atoms with Crippen molar-refractivity contribution in [2.24, 2.45) is 0 Å². The molecule has 1 saturated heterocycles. The zero-order valence-corrected chi connectivity index (χ0v) is 19.0. The Labute approximate surface area is 189 Å². The van der Waals surface area contributed by atoms with Crippen molar-refractivity contribution >= 4 is 39.1 Å². The van der Waals surface area contributed by atoms with E-state index in [9.17, 15) is 4.79 Å². The van der Waals surface area contributed by atoms with Crippen LogP contribution >= 0.6 is 22.9 Å². The predicted molar refractivity (Wildman–Crippen MR) is 123 cm³/mol. The molecular weight excluding hydrogens is 430 g/mol. The van der Waals surface area contributed by atoms with E-state index in [-0.39, 0.29) is 5.91 Å². The van der Waals surface area contributed by atoms with Crippen LogP contribution in [0, 0.1) is 13.8 Å². The standard InChI is InChI=1S/C23H22ClN5OS/c1-14-4-3-5-18(12-14)29-15(2)21(26-27-29)23(30)28-10-8-16(9-11-28)22-25-19-13-17(24)6-7-20(19)31-22/h3-7,12-13,16H,8-11H2,1-2H3. The van der Waals surface area contributed by atoms with E-state index in [1.165, 1.54) is 0 Å². The van der Waals surface area contributed by atoms with Gasteiger partial charge in [0.25, 0.3) is 5.91 Å². The number of rotatable bonds is 3. The SMILES string of the molecule is Cc1cccc(-n2nnc(C(=O)N3CCC(c4nc5cc(Cl)ccc5s4)CC3)c2C)c1. The molecule has 2 aromatic carbocycles. The number of fused-ring (bicyclic) bond motifs is 1. The van der Waals surface area contributed by atoms with E-state index < -0.39 is 0 Å². The summed E-state index contributed by atoms with van der Waals surface area (Å²) in [6.07, 6.45) is 1.79. The normalized spacial score (nSPS) is 15.0. The second-order valence-corrected chi connectivity index (χ2v) is 9.50. The van der Waals surface area contributed by atoms with Crippen molar-refractivity contribution in [3.8, 4) is 5.69 Å². The number of amides is 1. The fraction of sp³-hybridized carbons (Fsp3) is 0.304. The summed E-state index contributed by atoms with van der Waals surface area (Å²) in [7, 11) is 0. The van der Waals surface area contributed by atoms with E-state index in [4.69, 9.17) is 16.6 Å². The summed E-state index contributed by atoms with van der Waals surface area (Å²) < 4.78 is 2.89. The first-order valence-corrected chi connectivity index (χ1v) is 11.5. The molecule has 3 heterocycles. The molecule has 158 valence electrons. The Hall–Kier alpha value is -2.77. The highest BCUT2D eigenvalue weighted by Gasteiger charge is 2.29. The number of carbonyl (C=O) groups excluding carboxylic acids is 1. The van der Waals surface area contributed by atoms with Crippen LogP contribution in [0.25, 0.3) is 15.9 Å². The van der Waals surface area contributed by atoms with E-state index in [1.807, 2.05) is 61.2 Å². The molecule has 0 bridgehead atoms. The molecule has 8 heteroatoms. The monoisotopic (exact) mass is 451 g/mol. The Morgan fingerprint density at radius 1 is 1.13 bits per heavy atom. The van der Waals surface area contributed by atoms with Gasteiger partial charge in [0.1, 0.15) is 0 Å². The fourth-order valence-corrected chi connectivity index (χ4v) is 5.39. The number of aryl methyl sites for hydroxylation is 1. The van der Waals surface area contributed by atoms with Crippen LogP contribution in [-0.4, -0.2) is 43.9 Å². The Morgan fingerprint density at radius 3 is 2.71 bits per heavy atom. The van der Waals surface area contributed by atoms with Crippen LogP contribution in [-0.2, 0) is 0 Å². The second kappa shape index (κ2) is 8.05. The second-order valence-electron chi connectivity index (χ2n) is 8.00. The molecule has 5 rings (SSSR count). The molecule has 0 unspecified atom stereocenters. The molecule has 0 spiro atoms. The van der Waals surface area contributed by atoms with Crippen molar-refractivity contribution in [3.05, 3.63) is 69.4 Å². The smallest absolute Gasteiger partial charge is 0.276 e. The third-order valence-electron chi connectivity index (χ3n) is 5.84. The number of nitrogens with zero attached hydrogens (tertiary/aromatic N) is 5. The predicted octanol–water partition coefficient (Wildman–Crippen LogP) is 5.17. The van der Waals surface area contributed by atoms with Crippen molar-refractivity contribution in [3.63, 3.8) is 0 Å². The van der Waals surface area contributed by atoms with Gasteiger partial charge in [-0.25, -0.2) is 9.67 Å². The topological polar surface area (TPSA) is 63.9 Å². The third-order valence-corrected chi connectivity index (χ3v) is 7.27. The average Bonchev–Trinajstić information content (AvgIpc) is 3.36. The van der Waals surface area contributed by atoms with Gasteiger partial charge in [0.05, 0.1) is 26.6 Å². The summed E-state index contributed by atoms with van der Waals surface area (Å²) in [5, 5.41) is 10.3. The van der Waals surface area contributed by atoms with Gasteiger partial charge in [0, 0.05) is 24.0 Å². The zero-order valence-electron chi connectivity index (χ0n) is 17.4. The average molecular weight is 452 g/mol. The number of thiazole rings is 1. The van der Waals surface area contributed by atoms with Crippen molar-refractivity contribution in [2.75, 3.05) is 13.1 Å². The fourth-order valence-electron chi connectivity index (χ4n) is 4.10. The van der Waals surface area contributed by atoms with Crippen LogP contribution in [0.2, 0.25) is 5.02 Å². The lowest BCUT2D eigenvalue weighted by Crippen LogP contribution is -2.38. The number of carbonyl (C=O) groups is 1. The van der Waals surface area contributed by atoms with Crippen LogP contribution in [0.15, 0.2) is 42.5 Å². The largest absolute Gasteiger partial charge is 0.337 e. The maximum Gasteiger partial charge on any atom is 0.276 e. The van der Waals surface area contributed by atoms with Crippen LogP contribution in [0.1, 0.15) is 45.5 Å². The maximum atomic E-state index is 13.1. The van der Waals surface area contributed by atoms with Crippen LogP contribution in [0.5, 0.6) is 0 Å². The number of benzene rings is 2. The van der Waals surface area contributed by atoms with Gasteiger partial charge in [-0.3, -0.25) is 4.79 Å². The number of piperidine rings is 1. The summed E-state index contributed by atoms with van der Waals surface area (Å²) in [5.41, 5.74) is 4.20. The first-order valence-electron chi connectivity index (χ1n) is 10.3. The molecule has 0 radical (unpaired) electrons. The number of halogens is 1. The Balaban J connectivity index is 1.30. The molecule has 1 fully saturated rings. The first-order chi connectivity index (χ1) is 15.0. The van der Waals surface area contributed by atoms with Gasteiger partial charge in [-0.05, 0) is 62.6 Å². The van der Waals surface area contributed by atoms with E-state index in [2.05, 4.69) is 10.3 Å². The molecule has 2 aromatic heterocycles. The van der Waals surface area contributed by atoms with Gasteiger partial charge in [-0.2, -0.15) is 0 Å². The number of hydrogen-bond acceptors (Lipinski definition) is 5. The van der Waals surface area contributed by atoms with Crippen molar-refractivity contribution in [1.82, 2.24) is 24.9 Å². The highest BCUT2D eigenvalue weighted by Crippen LogP contribution is 2.35. The Morgan fingerprint density at radius 2 is 1.94 bits per heavy atom. The van der Waals surface area contributed by atoms with Gasteiger partial charge in [-0.1, -0.05) is 28.9 Å².